The summed E-state index contributed by atoms with van der Waals surface area (Å²) in [6.07, 6.45) is 1.47. The van der Waals surface area contributed by atoms with Gasteiger partial charge in [-0.25, -0.2) is 4.79 Å². The molecule has 0 spiro atoms. The molecule has 202 valence electrons. The van der Waals surface area contributed by atoms with E-state index in [2.05, 4.69) is 32.8 Å². The van der Waals surface area contributed by atoms with E-state index in [9.17, 15) is 9.90 Å². The maximum Gasteiger partial charge on any atom is 0.342 e. The number of methoxy groups -OCH3 is 2. The fourth-order valence-corrected chi connectivity index (χ4v) is 5.43. The zero-order valence-electron chi connectivity index (χ0n) is 20.2. The maximum absolute atomic E-state index is 12.1. The number of halogens is 4. The molecule has 8 nitrogen and oxygen atoms in total. The van der Waals surface area contributed by atoms with E-state index in [0.29, 0.717) is 47.0 Å². The molecule has 1 aromatic heterocycles. The van der Waals surface area contributed by atoms with E-state index < -0.39 is 5.97 Å². The van der Waals surface area contributed by atoms with Gasteiger partial charge in [0.2, 0.25) is 0 Å². The van der Waals surface area contributed by atoms with Crippen LogP contribution in [0.4, 0.5) is 0 Å². The van der Waals surface area contributed by atoms with Gasteiger partial charge in [-0.3, -0.25) is 0 Å². The van der Waals surface area contributed by atoms with Crippen LogP contribution in [0.3, 0.4) is 0 Å². The summed E-state index contributed by atoms with van der Waals surface area (Å²) in [5, 5.41) is 19.3. The molecular weight excluding hydrogens is 702 g/mol. The van der Waals surface area contributed by atoms with E-state index in [4.69, 9.17) is 53.4 Å². The summed E-state index contributed by atoms with van der Waals surface area (Å²) in [5.74, 6) is 0.353. The predicted molar refractivity (Wildman–Crippen MR) is 159 cm³/mol. The Morgan fingerprint density at radius 1 is 1.03 bits per heavy atom. The lowest BCUT2D eigenvalue weighted by atomic mass is 10.2. The van der Waals surface area contributed by atoms with Gasteiger partial charge >= 0.3 is 5.97 Å². The normalized spacial score (nSPS) is 11.4. The Hall–Kier alpha value is -2.64. The van der Waals surface area contributed by atoms with Crippen LogP contribution in [0.15, 0.2) is 63.1 Å². The zero-order valence-corrected chi connectivity index (χ0v) is 25.4. The molecule has 0 aliphatic heterocycles. The van der Waals surface area contributed by atoms with E-state index in [0.717, 1.165) is 17.3 Å². The molecule has 4 aromatic rings. The van der Waals surface area contributed by atoms with Gasteiger partial charge in [-0.05, 0) is 88.5 Å². The second-order valence-corrected chi connectivity index (χ2v) is 11.1. The molecule has 0 saturated heterocycles. The molecule has 4 rings (SSSR count). The highest BCUT2D eigenvalue weighted by Gasteiger charge is 2.19. The third kappa shape index (κ3) is 7.31. The molecule has 0 aliphatic rings. The average molecular weight is 720 g/mol. The van der Waals surface area contributed by atoms with Crippen molar-refractivity contribution < 1.29 is 28.5 Å². The summed E-state index contributed by atoms with van der Waals surface area (Å²) in [6.45, 7) is 0.185. The van der Waals surface area contributed by atoms with Crippen LogP contribution >= 0.6 is 69.2 Å². The molecule has 0 saturated carbocycles. The van der Waals surface area contributed by atoms with E-state index in [1.807, 2.05) is 0 Å². The van der Waals surface area contributed by atoms with Crippen LogP contribution in [0, 0.1) is 3.57 Å². The molecule has 0 unspecified atom stereocenters. The number of rotatable bonds is 10. The molecule has 13 heteroatoms. The van der Waals surface area contributed by atoms with Crippen molar-refractivity contribution in [3.63, 3.8) is 0 Å². The number of aromatic nitrogens is 2. The average Bonchev–Trinajstić information content (AvgIpc) is 3.36. The Morgan fingerprint density at radius 3 is 2.44 bits per heavy atom. The quantitative estimate of drug-likeness (QED) is 0.0989. The lowest BCUT2D eigenvalue weighted by molar-refractivity contribution is -0.131. The smallest absolute Gasteiger partial charge is 0.342 e. The Labute approximate surface area is 256 Å². The largest absolute Gasteiger partial charge is 0.496 e. The molecule has 0 radical (unpaired) electrons. The van der Waals surface area contributed by atoms with Crippen LogP contribution in [-0.4, -0.2) is 35.5 Å². The van der Waals surface area contributed by atoms with Gasteiger partial charge in [0.15, 0.2) is 11.5 Å². The van der Waals surface area contributed by atoms with Crippen LogP contribution in [0.2, 0.25) is 15.1 Å². The van der Waals surface area contributed by atoms with Crippen molar-refractivity contribution in [2.75, 3.05) is 14.2 Å². The summed E-state index contributed by atoms with van der Waals surface area (Å²) in [7, 11) is 3.00. The van der Waals surface area contributed by atoms with Crippen LogP contribution < -0.4 is 14.2 Å². The lowest BCUT2D eigenvalue weighted by Crippen LogP contribution is -2.01. The first-order valence-corrected chi connectivity index (χ1v) is 14.0. The molecule has 1 heterocycles. The van der Waals surface area contributed by atoms with Crippen LogP contribution in [-0.2, 0) is 11.4 Å². The standard InChI is InChI=1S/C26H18Cl3IN2O6S/c1-35-20-6-5-15(27)10-17(20)24-31-32-26(38-24)39-22(25(33)34)9-13-7-19(30)23(21(8-13)36-2)37-12-14-3-4-16(28)11-18(14)29/h3-11H,12H2,1-2H3,(H,33,34)/b22-9-. The fraction of sp³-hybridized carbons (Fsp3) is 0.115. The van der Waals surface area contributed by atoms with E-state index >= 15 is 0 Å². The number of hydrogen-bond donors (Lipinski definition) is 1. The van der Waals surface area contributed by atoms with Crippen LogP contribution in [0.25, 0.3) is 17.5 Å². The molecule has 1 N–H and O–H groups in total. The number of carboxylic acids is 1. The first-order chi connectivity index (χ1) is 18.7. The van der Waals surface area contributed by atoms with Crippen molar-refractivity contribution in [3.8, 4) is 28.7 Å². The molecule has 3 aromatic carbocycles. The highest BCUT2D eigenvalue weighted by molar-refractivity contribution is 14.1. The van der Waals surface area contributed by atoms with Crippen molar-refractivity contribution in [1.82, 2.24) is 10.2 Å². The summed E-state index contributed by atoms with van der Waals surface area (Å²) < 4.78 is 23.2. The number of aliphatic carboxylic acids is 1. The molecule has 0 atom stereocenters. The minimum absolute atomic E-state index is 0.0298. The topological polar surface area (TPSA) is 104 Å². The fourth-order valence-electron chi connectivity index (χ4n) is 3.34. The minimum Gasteiger partial charge on any atom is -0.496 e. The number of carboxylic acid groups (broad SMARTS) is 1. The monoisotopic (exact) mass is 718 g/mol. The van der Waals surface area contributed by atoms with Gasteiger partial charge in [0.25, 0.3) is 11.1 Å². The van der Waals surface area contributed by atoms with Gasteiger partial charge < -0.3 is 23.7 Å². The van der Waals surface area contributed by atoms with Crippen molar-refractivity contribution in [2.45, 2.75) is 11.8 Å². The van der Waals surface area contributed by atoms with Crippen molar-refractivity contribution in [3.05, 3.63) is 83.2 Å². The van der Waals surface area contributed by atoms with Gasteiger partial charge in [0, 0.05) is 20.6 Å². The highest BCUT2D eigenvalue weighted by Crippen LogP contribution is 2.38. The molecule has 0 fully saturated rings. The summed E-state index contributed by atoms with van der Waals surface area (Å²) in [4.78, 5) is 12.0. The molecule has 0 amide bonds. The number of ether oxygens (including phenoxy) is 3. The van der Waals surface area contributed by atoms with Crippen molar-refractivity contribution in [2.24, 2.45) is 0 Å². The van der Waals surface area contributed by atoms with E-state index in [-0.39, 0.29) is 22.6 Å². The van der Waals surface area contributed by atoms with Gasteiger partial charge in [-0.2, -0.15) is 0 Å². The maximum atomic E-state index is 12.1. The summed E-state index contributed by atoms with van der Waals surface area (Å²) >= 11 is 21.2. The zero-order chi connectivity index (χ0) is 28.1. The molecule has 39 heavy (non-hydrogen) atoms. The van der Waals surface area contributed by atoms with Gasteiger partial charge in [0.1, 0.15) is 17.3 Å². The third-order valence-electron chi connectivity index (χ3n) is 5.14. The predicted octanol–water partition coefficient (Wildman–Crippen LogP) is 8.12. The third-order valence-corrected chi connectivity index (χ3v) is 7.62. The van der Waals surface area contributed by atoms with Gasteiger partial charge in [-0.1, -0.05) is 40.9 Å². The minimum atomic E-state index is -1.17. The Balaban J connectivity index is 1.58. The second kappa shape index (κ2) is 13.1. The van der Waals surface area contributed by atoms with E-state index in [1.165, 1.54) is 20.3 Å². The number of carbonyl (C=O) groups is 1. The SMILES string of the molecule is COc1ccc(Cl)cc1-c1nnc(S/C(=C\c2cc(I)c(OCc3ccc(Cl)cc3Cl)c(OC)c2)C(=O)O)o1. The van der Waals surface area contributed by atoms with Gasteiger partial charge in [0.05, 0.1) is 23.4 Å². The van der Waals surface area contributed by atoms with Crippen LogP contribution in [0.1, 0.15) is 11.1 Å². The molecule has 0 aliphatic carbocycles. The van der Waals surface area contributed by atoms with Crippen LogP contribution in [0.5, 0.6) is 17.2 Å². The van der Waals surface area contributed by atoms with Crippen molar-refractivity contribution >= 4 is 81.2 Å². The molecular formula is C26H18Cl3IN2O6S. The van der Waals surface area contributed by atoms with Gasteiger partial charge in [-0.15, -0.1) is 10.2 Å². The number of thioether (sulfide) groups is 1. The molecule has 0 bridgehead atoms. The second-order valence-electron chi connectivity index (χ2n) is 7.69. The highest BCUT2D eigenvalue weighted by atomic mass is 127. The number of nitrogens with zero attached hydrogens (tertiary/aromatic N) is 2. The summed E-state index contributed by atoms with van der Waals surface area (Å²) in [5.41, 5.74) is 1.80. The van der Waals surface area contributed by atoms with Crippen molar-refractivity contribution in [1.29, 1.82) is 0 Å². The first-order valence-electron chi connectivity index (χ1n) is 10.9. The summed E-state index contributed by atoms with van der Waals surface area (Å²) in [6, 6.07) is 13.5. The Morgan fingerprint density at radius 2 is 1.74 bits per heavy atom. The lowest BCUT2D eigenvalue weighted by Gasteiger charge is -2.14. The first kappa shape index (κ1) is 29.3. The Bertz CT molecular complexity index is 1560. The number of hydrogen-bond acceptors (Lipinski definition) is 8. The Kier molecular flexibility index (Phi) is 9.89. The number of benzene rings is 3. The van der Waals surface area contributed by atoms with E-state index in [1.54, 1.807) is 48.5 Å².